The average molecular weight is 557 g/mol. The molecule has 206 valence electrons. The summed E-state index contributed by atoms with van der Waals surface area (Å²) in [5.41, 5.74) is 0.768. The first-order valence-electron chi connectivity index (χ1n) is 12.7. The molecule has 5 rings (SSSR count). The number of hydrogen-bond donors (Lipinski definition) is 1. The summed E-state index contributed by atoms with van der Waals surface area (Å²) >= 11 is 5.94. The minimum atomic E-state index is -0.580. The summed E-state index contributed by atoms with van der Waals surface area (Å²) in [6.45, 7) is 4.24. The number of carbonyl (C=O) groups is 2. The topological polar surface area (TPSA) is 100 Å². The Morgan fingerprint density at radius 1 is 1.10 bits per heavy atom. The van der Waals surface area contributed by atoms with Crippen LogP contribution in [0.15, 0.2) is 36.7 Å². The van der Waals surface area contributed by atoms with Crippen LogP contribution in [0.4, 0.5) is 15.9 Å². The van der Waals surface area contributed by atoms with Gasteiger partial charge in [0.05, 0.1) is 29.4 Å². The second-order valence-electron chi connectivity index (χ2n) is 9.73. The second kappa shape index (κ2) is 11.2. The van der Waals surface area contributed by atoms with Gasteiger partial charge in [0, 0.05) is 57.5 Å². The van der Waals surface area contributed by atoms with Crippen LogP contribution in [0.1, 0.15) is 13.3 Å². The number of halogens is 2. The van der Waals surface area contributed by atoms with Gasteiger partial charge in [-0.05, 0) is 25.2 Å². The quantitative estimate of drug-likeness (QED) is 0.494. The Hall–Kier alpha value is -3.70. The van der Waals surface area contributed by atoms with Crippen LogP contribution in [0.5, 0.6) is 11.5 Å². The summed E-state index contributed by atoms with van der Waals surface area (Å²) in [6.07, 6.45) is 1.62. The first-order valence-corrected chi connectivity index (χ1v) is 13.1. The average Bonchev–Trinajstić information content (AvgIpc) is 3.30. The highest BCUT2D eigenvalue weighted by molar-refractivity contribution is 6.31. The van der Waals surface area contributed by atoms with E-state index in [1.807, 2.05) is 16.8 Å². The van der Waals surface area contributed by atoms with Gasteiger partial charge >= 0.3 is 0 Å². The lowest BCUT2D eigenvalue weighted by atomic mass is 10.1. The van der Waals surface area contributed by atoms with Gasteiger partial charge in [0.15, 0.2) is 17.3 Å². The number of methoxy groups -OCH3 is 1. The van der Waals surface area contributed by atoms with Crippen LogP contribution in [-0.4, -0.2) is 95.5 Å². The molecule has 0 aliphatic carbocycles. The van der Waals surface area contributed by atoms with Crippen molar-refractivity contribution < 1.29 is 23.5 Å². The normalized spacial score (nSPS) is 19.8. The second-order valence-corrected chi connectivity index (χ2v) is 10.1. The molecule has 1 N–H and O–H groups in total. The van der Waals surface area contributed by atoms with Crippen LogP contribution in [-0.2, 0) is 9.59 Å². The summed E-state index contributed by atoms with van der Waals surface area (Å²) in [6, 6.07) is 7.86. The number of likely N-dealkylation sites (N-methyl/N-ethyl adjacent to an activating group) is 1. The molecule has 2 amide bonds. The molecule has 0 unspecified atom stereocenters. The monoisotopic (exact) mass is 556 g/mol. The number of piperazine rings is 1. The molecule has 0 bridgehead atoms. The molecule has 2 saturated heterocycles. The van der Waals surface area contributed by atoms with Crippen molar-refractivity contribution >= 4 is 45.8 Å². The predicted molar refractivity (Wildman–Crippen MR) is 145 cm³/mol. The number of anilines is 2. The third kappa shape index (κ3) is 5.55. The standard InChI is InChI=1S/C27H30ClFN6O4/c1-16(36)34-7-9-35(10-8-34)27(37)22-11-17(14-33(22)2)39-24-12-18-21(13-23(24)38-3)30-15-31-26(18)32-20-6-4-5-19(28)25(20)29/h4-6,12-13,15,17,22H,7-11,14H2,1-3H3,(H,30,31,32)/t17-,22+/m1/s1. The maximum Gasteiger partial charge on any atom is 0.240 e. The van der Waals surface area contributed by atoms with E-state index in [-0.39, 0.29) is 34.7 Å². The predicted octanol–water partition coefficient (Wildman–Crippen LogP) is 3.32. The van der Waals surface area contributed by atoms with E-state index in [0.717, 1.165) is 0 Å². The van der Waals surface area contributed by atoms with Gasteiger partial charge in [0.2, 0.25) is 11.8 Å². The lowest BCUT2D eigenvalue weighted by Crippen LogP contribution is -2.54. The first-order chi connectivity index (χ1) is 18.7. The van der Waals surface area contributed by atoms with E-state index >= 15 is 0 Å². The fraction of sp³-hybridized carbons (Fsp3) is 0.407. The summed E-state index contributed by atoms with van der Waals surface area (Å²) in [5, 5.41) is 3.61. The number of benzene rings is 2. The molecular weight excluding hydrogens is 527 g/mol. The maximum atomic E-state index is 14.5. The zero-order valence-electron chi connectivity index (χ0n) is 22.0. The Bertz CT molecular complexity index is 1400. The summed E-state index contributed by atoms with van der Waals surface area (Å²) in [4.78, 5) is 39.1. The molecule has 3 heterocycles. The van der Waals surface area contributed by atoms with Crippen molar-refractivity contribution in [3.8, 4) is 11.5 Å². The van der Waals surface area contributed by atoms with Gasteiger partial charge in [-0.2, -0.15) is 0 Å². The highest BCUT2D eigenvalue weighted by Crippen LogP contribution is 2.37. The van der Waals surface area contributed by atoms with Crippen molar-refractivity contribution in [2.45, 2.75) is 25.5 Å². The van der Waals surface area contributed by atoms with E-state index in [9.17, 15) is 14.0 Å². The van der Waals surface area contributed by atoms with Gasteiger partial charge in [0.1, 0.15) is 18.2 Å². The number of likely N-dealkylation sites (tertiary alicyclic amines) is 1. The van der Waals surface area contributed by atoms with Crippen molar-refractivity contribution in [1.29, 1.82) is 0 Å². The summed E-state index contributed by atoms with van der Waals surface area (Å²) in [7, 11) is 3.45. The van der Waals surface area contributed by atoms with Gasteiger partial charge in [-0.3, -0.25) is 14.5 Å². The van der Waals surface area contributed by atoms with Crippen LogP contribution in [0, 0.1) is 5.82 Å². The SMILES string of the molecule is COc1cc2ncnc(Nc3cccc(Cl)c3F)c2cc1O[C@@H]1C[C@@H](C(=O)N2CCN(C(C)=O)CC2)N(C)C1. The van der Waals surface area contributed by atoms with Crippen LogP contribution < -0.4 is 14.8 Å². The van der Waals surface area contributed by atoms with E-state index in [0.29, 0.717) is 67.4 Å². The molecule has 0 radical (unpaired) electrons. The molecular formula is C27H30ClFN6O4. The van der Waals surface area contributed by atoms with E-state index < -0.39 is 5.82 Å². The molecule has 2 atom stereocenters. The lowest BCUT2D eigenvalue weighted by molar-refractivity contribution is -0.141. The Morgan fingerprint density at radius 2 is 1.85 bits per heavy atom. The van der Waals surface area contributed by atoms with Crippen LogP contribution in [0.25, 0.3) is 10.9 Å². The van der Waals surface area contributed by atoms with Crippen molar-refractivity contribution in [1.82, 2.24) is 24.7 Å². The number of nitrogens with zero attached hydrogens (tertiary/aromatic N) is 5. The fourth-order valence-electron chi connectivity index (χ4n) is 5.10. The number of carbonyl (C=O) groups excluding carboxylic acids is 2. The molecule has 2 aliphatic heterocycles. The Kier molecular flexibility index (Phi) is 7.72. The number of ether oxygens (including phenoxy) is 2. The smallest absolute Gasteiger partial charge is 0.240 e. The number of fused-ring (bicyclic) bond motifs is 1. The van der Waals surface area contributed by atoms with Crippen molar-refractivity contribution in [2.24, 2.45) is 0 Å². The zero-order valence-corrected chi connectivity index (χ0v) is 22.7. The molecule has 1 aromatic heterocycles. The summed E-state index contributed by atoms with van der Waals surface area (Å²) < 4.78 is 26.5. The van der Waals surface area contributed by atoms with Gasteiger partial charge in [-0.25, -0.2) is 14.4 Å². The van der Waals surface area contributed by atoms with Crippen LogP contribution in [0.2, 0.25) is 5.02 Å². The molecule has 2 aliphatic rings. The van der Waals surface area contributed by atoms with E-state index in [2.05, 4.69) is 15.3 Å². The fourth-order valence-corrected chi connectivity index (χ4v) is 5.28. The van der Waals surface area contributed by atoms with Crippen LogP contribution in [0.3, 0.4) is 0 Å². The molecule has 3 aromatic rings. The third-order valence-corrected chi connectivity index (χ3v) is 7.54. The first kappa shape index (κ1) is 26.9. The Labute approximate surface area is 230 Å². The third-order valence-electron chi connectivity index (χ3n) is 7.25. The lowest BCUT2D eigenvalue weighted by Gasteiger charge is -2.36. The van der Waals surface area contributed by atoms with E-state index in [4.69, 9.17) is 21.1 Å². The highest BCUT2D eigenvalue weighted by Gasteiger charge is 2.39. The van der Waals surface area contributed by atoms with Gasteiger partial charge in [-0.15, -0.1) is 0 Å². The van der Waals surface area contributed by atoms with Crippen LogP contribution >= 0.6 is 11.6 Å². The number of hydrogen-bond acceptors (Lipinski definition) is 8. The molecule has 39 heavy (non-hydrogen) atoms. The van der Waals surface area contributed by atoms with E-state index in [1.165, 1.54) is 12.4 Å². The zero-order chi connectivity index (χ0) is 27.7. The maximum absolute atomic E-state index is 14.5. The van der Waals surface area contributed by atoms with Crippen molar-refractivity contribution in [3.63, 3.8) is 0 Å². The summed E-state index contributed by atoms with van der Waals surface area (Å²) in [5.74, 6) is 0.827. The van der Waals surface area contributed by atoms with Crippen molar-refractivity contribution in [3.05, 3.63) is 47.5 Å². The Balaban J connectivity index is 1.34. The van der Waals surface area contributed by atoms with Gasteiger partial charge in [0.25, 0.3) is 0 Å². The molecule has 0 saturated carbocycles. The molecule has 12 heteroatoms. The molecule has 2 fully saturated rings. The molecule has 0 spiro atoms. The largest absolute Gasteiger partial charge is 0.493 e. The number of nitrogens with one attached hydrogen (secondary N) is 1. The Morgan fingerprint density at radius 3 is 2.56 bits per heavy atom. The van der Waals surface area contributed by atoms with E-state index in [1.54, 1.807) is 43.2 Å². The number of rotatable bonds is 6. The minimum Gasteiger partial charge on any atom is -0.493 e. The number of aromatic nitrogens is 2. The minimum absolute atomic E-state index is 0.000704. The molecule has 10 nitrogen and oxygen atoms in total. The highest BCUT2D eigenvalue weighted by atomic mass is 35.5. The van der Waals surface area contributed by atoms with Gasteiger partial charge < -0.3 is 24.6 Å². The molecule has 2 aromatic carbocycles. The number of amides is 2. The van der Waals surface area contributed by atoms with Crippen molar-refractivity contribution in [2.75, 3.05) is 52.2 Å². The van der Waals surface area contributed by atoms with Gasteiger partial charge in [-0.1, -0.05) is 17.7 Å².